The third kappa shape index (κ3) is 4.50. The average molecular weight is 654 g/mol. The van der Waals surface area contributed by atoms with Gasteiger partial charge in [0.2, 0.25) is 0 Å². The predicted octanol–water partition coefficient (Wildman–Crippen LogP) is 13.4. The highest BCUT2D eigenvalue weighted by atomic mass is 16.3. The van der Waals surface area contributed by atoms with Gasteiger partial charge in [0.1, 0.15) is 33.4 Å². The van der Waals surface area contributed by atoms with E-state index in [1.165, 1.54) is 0 Å². The van der Waals surface area contributed by atoms with Crippen LogP contribution < -0.4 is 0 Å². The zero-order valence-electron chi connectivity index (χ0n) is 27.3. The molecule has 0 amide bonds. The Labute approximate surface area is 291 Å². The smallest absolute Gasteiger partial charge is 0.153 e. The summed E-state index contributed by atoms with van der Waals surface area (Å²) in [7, 11) is 0. The van der Waals surface area contributed by atoms with Gasteiger partial charge in [0.15, 0.2) is 5.58 Å². The lowest BCUT2D eigenvalue weighted by atomic mass is 9.96. The number of rotatable bonds is 4. The molecule has 0 N–H and O–H groups in total. The summed E-state index contributed by atoms with van der Waals surface area (Å²) in [5.41, 5.74) is 15.3. The molecule has 0 aliphatic rings. The Kier molecular flexibility index (Phi) is 5.92. The monoisotopic (exact) mass is 653 g/mol. The molecule has 0 aliphatic carbocycles. The first kappa shape index (κ1) is 28.0. The van der Waals surface area contributed by atoms with Gasteiger partial charge in [0, 0.05) is 33.1 Å². The van der Waals surface area contributed by atoms with Crippen molar-refractivity contribution in [1.82, 2.24) is 4.98 Å². The number of fused-ring (bicyclic) bond motifs is 9. The Hall–Kier alpha value is -6.91. The second kappa shape index (κ2) is 10.8. The largest absolute Gasteiger partial charge is 0.456 e. The summed E-state index contributed by atoms with van der Waals surface area (Å²) in [6.45, 7) is 0. The minimum Gasteiger partial charge on any atom is -0.456 e. The van der Waals surface area contributed by atoms with E-state index in [1.54, 1.807) is 0 Å². The molecule has 11 rings (SSSR count). The molecule has 4 nitrogen and oxygen atoms in total. The van der Waals surface area contributed by atoms with Gasteiger partial charge in [-0.1, -0.05) is 78.9 Å². The third-order valence-corrected chi connectivity index (χ3v) is 10.1. The van der Waals surface area contributed by atoms with Gasteiger partial charge >= 0.3 is 0 Å². The van der Waals surface area contributed by atoms with Gasteiger partial charge in [-0.2, -0.15) is 0 Å². The number of nitrogens with zero attached hydrogens (tertiary/aromatic N) is 1. The van der Waals surface area contributed by atoms with Crippen LogP contribution in [0.1, 0.15) is 0 Å². The Morgan fingerprint density at radius 2 is 0.667 bits per heavy atom. The van der Waals surface area contributed by atoms with Gasteiger partial charge < -0.3 is 13.3 Å². The van der Waals surface area contributed by atoms with E-state index in [1.807, 2.05) is 36.5 Å². The van der Waals surface area contributed by atoms with Crippen LogP contribution in [0.2, 0.25) is 0 Å². The standard InChI is InChI=1S/C47H27NO3/c1-2-11-41-36(10-1)37-24-32(13-17-42(37)49-41)28-6-3-7-29(22-28)33-14-18-43-38(25-33)39-26-34(15-19-44(39)50-43)30-8-4-9-31(23-30)35-16-20-45-40(27-35)47-46(51-45)12-5-21-48-47/h1-27H. The van der Waals surface area contributed by atoms with Crippen molar-refractivity contribution in [2.75, 3.05) is 0 Å². The summed E-state index contributed by atoms with van der Waals surface area (Å²) < 4.78 is 18.4. The van der Waals surface area contributed by atoms with E-state index in [0.29, 0.717) is 0 Å². The molecule has 0 radical (unpaired) electrons. The fourth-order valence-corrected chi connectivity index (χ4v) is 7.58. The number of hydrogen-bond acceptors (Lipinski definition) is 4. The quantitative estimate of drug-likeness (QED) is 0.190. The van der Waals surface area contributed by atoms with Crippen molar-refractivity contribution in [1.29, 1.82) is 0 Å². The molecule has 0 aliphatic heterocycles. The maximum absolute atomic E-state index is 6.33. The second-order valence-corrected chi connectivity index (χ2v) is 13.2. The molecule has 0 saturated heterocycles. The molecule has 0 saturated carbocycles. The fourth-order valence-electron chi connectivity index (χ4n) is 7.58. The summed E-state index contributed by atoms with van der Waals surface area (Å²) >= 11 is 0. The number of para-hydroxylation sites is 1. The molecule has 4 heteroatoms. The molecule has 0 atom stereocenters. The predicted molar refractivity (Wildman–Crippen MR) is 208 cm³/mol. The first-order valence-electron chi connectivity index (χ1n) is 17.1. The lowest BCUT2D eigenvalue weighted by Crippen LogP contribution is -1.83. The van der Waals surface area contributed by atoms with E-state index in [0.717, 1.165) is 110 Å². The summed E-state index contributed by atoms with van der Waals surface area (Å²) in [5.74, 6) is 0. The summed E-state index contributed by atoms with van der Waals surface area (Å²) in [5, 5.41) is 5.48. The number of hydrogen-bond donors (Lipinski definition) is 0. The molecule has 4 aromatic heterocycles. The topological polar surface area (TPSA) is 52.3 Å². The molecular formula is C47H27NO3. The molecule has 0 spiro atoms. The van der Waals surface area contributed by atoms with Crippen LogP contribution in [0.4, 0.5) is 0 Å². The van der Waals surface area contributed by atoms with Crippen molar-refractivity contribution in [2.45, 2.75) is 0 Å². The van der Waals surface area contributed by atoms with Crippen molar-refractivity contribution in [2.24, 2.45) is 0 Å². The Morgan fingerprint density at radius 3 is 1.22 bits per heavy atom. The Bertz CT molecular complexity index is 2950. The summed E-state index contributed by atoms with van der Waals surface area (Å²) in [6.07, 6.45) is 1.81. The van der Waals surface area contributed by atoms with Gasteiger partial charge in [-0.05, 0) is 123 Å². The lowest BCUT2D eigenvalue weighted by Gasteiger charge is -2.08. The van der Waals surface area contributed by atoms with E-state index >= 15 is 0 Å². The molecule has 7 aromatic carbocycles. The van der Waals surface area contributed by atoms with Crippen LogP contribution in [0.3, 0.4) is 0 Å². The van der Waals surface area contributed by atoms with Crippen LogP contribution in [-0.2, 0) is 0 Å². The van der Waals surface area contributed by atoms with E-state index in [2.05, 4.69) is 132 Å². The van der Waals surface area contributed by atoms with Crippen LogP contribution in [0.5, 0.6) is 0 Å². The maximum Gasteiger partial charge on any atom is 0.153 e. The van der Waals surface area contributed by atoms with Crippen molar-refractivity contribution < 1.29 is 13.3 Å². The second-order valence-electron chi connectivity index (χ2n) is 13.2. The fraction of sp³-hybridized carbons (Fsp3) is 0. The van der Waals surface area contributed by atoms with E-state index < -0.39 is 0 Å². The number of pyridine rings is 1. The van der Waals surface area contributed by atoms with Crippen LogP contribution in [0.15, 0.2) is 177 Å². The van der Waals surface area contributed by atoms with Crippen molar-refractivity contribution in [3.05, 3.63) is 164 Å². The molecule has 238 valence electrons. The zero-order valence-corrected chi connectivity index (χ0v) is 27.3. The molecular weight excluding hydrogens is 627 g/mol. The first-order valence-corrected chi connectivity index (χ1v) is 17.1. The maximum atomic E-state index is 6.33. The number of aromatic nitrogens is 1. The zero-order chi connectivity index (χ0) is 33.5. The molecule has 0 unspecified atom stereocenters. The van der Waals surface area contributed by atoms with Gasteiger partial charge in [-0.15, -0.1) is 0 Å². The van der Waals surface area contributed by atoms with Crippen molar-refractivity contribution >= 4 is 65.9 Å². The van der Waals surface area contributed by atoms with Crippen LogP contribution in [-0.4, -0.2) is 4.98 Å². The van der Waals surface area contributed by atoms with Gasteiger partial charge in [-0.25, -0.2) is 0 Å². The minimum atomic E-state index is 0.802. The van der Waals surface area contributed by atoms with Crippen LogP contribution in [0, 0.1) is 0 Å². The molecule has 11 aromatic rings. The summed E-state index contributed by atoms with van der Waals surface area (Å²) in [6, 6.07) is 55.3. The Morgan fingerprint density at radius 1 is 0.275 bits per heavy atom. The Balaban J connectivity index is 0.965. The number of furan rings is 3. The van der Waals surface area contributed by atoms with Crippen LogP contribution in [0.25, 0.3) is 110 Å². The SMILES string of the molecule is c1cc(-c2ccc3oc4ccccc4c3c2)cc(-c2ccc3oc4ccc(-c5cccc(-c6ccc7oc8cccnc8c7c6)c5)cc4c3c2)c1. The van der Waals surface area contributed by atoms with Crippen molar-refractivity contribution in [3.8, 4) is 44.5 Å². The minimum absolute atomic E-state index is 0.802. The molecule has 51 heavy (non-hydrogen) atoms. The van der Waals surface area contributed by atoms with Crippen LogP contribution >= 0.6 is 0 Å². The van der Waals surface area contributed by atoms with Gasteiger partial charge in [-0.3, -0.25) is 4.98 Å². The lowest BCUT2D eigenvalue weighted by molar-refractivity contribution is 0.668. The van der Waals surface area contributed by atoms with Gasteiger partial charge in [0.25, 0.3) is 0 Å². The van der Waals surface area contributed by atoms with E-state index in [9.17, 15) is 0 Å². The van der Waals surface area contributed by atoms with E-state index in [4.69, 9.17) is 13.3 Å². The summed E-state index contributed by atoms with van der Waals surface area (Å²) in [4.78, 5) is 4.57. The number of benzene rings is 7. The molecule has 0 fully saturated rings. The highest BCUT2D eigenvalue weighted by Gasteiger charge is 2.14. The third-order valence-electron chi connectivity index (χ3n) is 10.1. The molecule has 0 bridgehead atoms. The first-order chi connectivity index (χ1) is 25.2. The van der Waals surface area contributed by atoms with Gasteiger partial charge in [0.05, 0.1) is 0 Å². The van der Waals surface area contributed by atoms with E-state index in [-0.39, 0.29) is 0 Å². The molecule has 4 heterocycles. The highest BCUT2D eigenvalue weighted by molar-refractivity contribution is 6.09. The normalized spacial score (nSPS) is 11.9. The highest BCUT2D eigenvalue weighted by Crippen LogP contribution is 2.38. The average Bonchev–Trinajstić information content (AvgIpc) is 3.88. The van der Waals surface area contributed by atoms with Crippen molar-refractivity contribution in [3.63, 3.8) is 0 Å².